The molecular formula is C25H21N3O2. The standard InChI is InChI=1S/C25H21N3O2/c1-18-16-17-23(30-18)24(19-10-4-2-5-11-19)27-28-25(29)21-14-8-9-15-22(21)26-20-12-6-3-7-13-20/h2-17,26H,1H3,(H,28,29). The largest absolute Gasteiger partial charge is 0.460 e. The number of hydrogen-bond acceptors (Lipinski definition) is 4. The molecule has 0 fully saturated rings. The van der Waals surface area contributed by atoms with Gasteiger partial charge in [0.2, 0.25) is 0 Å². The van der Waals surface area contributed by atoms with Crippen LogP contribution in [0.25, 0.3) is 0 Å². The Morgan fingerprint density at radius 2 is 1.47 bits per heavy atom. The fraction of sp³-hybridized carbons (Fsp3) is 0.0400. The van der Waals surface area contributed by atoms with E-state index in [1.165, 1.54) is 0 Å². The van der Waals surface area contributed by atoms with Gasteiger partial charge in [0.25, 0.3) is 5.91 Å². The van der Waals surface area contributed by atoms with Gasteiger partial charge in [-0.15, -0.1) is 0 Å². The maximum Gasteiger partial charge on any atom is 0.273 e. The van der Waals surface area contributed by atoms with Crippen LogP contribution in [0.15, 0.2) is 107 Å². The predicted octanol–water partition coefficient (Wildman–Crippen LogP) is 5.51. The zero-order valence-electron chi connectivity index (χ0n) is 16.5. The number of nitrogens with zero attached hydrogens (tertiary/aromatic N) is 1. The van der Waals surface area contributed by atoms with Crippen molar-refractivity contribution in [2.45, 2.75) is 6.92 Å². The summed E-state index contributed by atoms with van der Waals surface area (Å²) in [6.07, 6.45) is 0. The number of aryl methyl sites for hydroxylation is 1. The number of nitrogens with one attached hydrogen (secondary N) is 2. The van der Waals surface area contributed by atoms with Gasteiger partial charge >= 0.3 is 0 Å². The van der Waals surface area contributed by atoms with Gasteiger partial charge in [-0.05, 0) is 43.3 Å². The van der Waals surface area contributed by atoms with Gasteiger partial charge in [-0.2, -0.15) is 5.10 Å². The van der Waals surface area contributed by atoms with E-state index in [4.69, 9.17) is 4.42 Å². The van der Waals surface area contributed by atoms with Gasteiger partial charge in [-0.1, -0.05) is 60.7 Å². The molecule has 0 radical (unpaired) electrons. The van der Waals surface area contributed by atoms with Crippen LogP contribution in [0.5, 0.6) is 0 Å². The molecule has 148 valence electrons. The van der Waals surface area contributed by atoms with Crippen LogP contribution in [0.1, 0.15) is 27.4 Å². The van der Waals surface area contributed by atoms with Crippen LogP contribution >= 0.6 is 0 Å². The Bertz CT molecular complexity index is 1170. The minimum Gasteiger partial charge on any atom is -0.460 e. The number of amides is 1. The Morgan fingerprint density at radius 3 is 2.17 bits per heavy atom. The fourth-order valence-electron chi connectivity index (χ4n) is 3.05. The van der Waals surface area contributed by atoms with Gasteiger partial charge in [0, 0.05) is 11.3 Å². The highest BCUT2D eigenvalue weighted by Gasteiger charge is 2.14. The van der Waals surface area contributed by atoms with Crippen LogP contribution in [-0.4, -0.2) is 11.6 Å². The molecule has 0 bridgehead atoms. The molecule has 30 heavy (non-hydrogen) atoms. The number of hydrazone groups is 1. The predicted molar refractivity (Wildman–Crippen MR) is 119 cm³/mol. The van der Waals surface area contributed by atoms with E-state index in [1.54, 1.807) is 6.07 Å². The molecule has 0 saturated carbocycles. The van der Waals surface area contributed by atoms with Crippen LogP contribution in [0, 0.1) is 6.92 Å². The Labute approximate surface area is 175 Å². The average Bonchev–Trinajstić information content (AvgIpc) is 3.21. The molecule has 1 amide bonds. The van der Waals surface area contributed by atoms with Gasteiger partial charge in [0.1, 0.15) is 11.5 Å². The Balaban J connectivity index is 1.62. The molecule has 1 heterocycles. The number of para-hydroxylation sites is 2. The molecule has 0 spiro atoms. The van der Waals surface area contributed by atoms with Crippen molar-refractivity contribution in [3.63, 3.8) is 0 Å². The first-order chi connectivity index (χ1) is 14.7. The van der Waals surface area contributed by atoms with E-state index in [9.17, 15) is 4.79 Å². The van der Waals surface area contributed by atoms with Crippen molar-refractivity contribution in [1.29, 1.82) is 0 Å². The van der Waals surface area contributed by atoms with Crippen LogP contribution in [-0.2, 0) is 0 Å². The molecule has 0 aliphatic heterocycles. The Hall–Kier alpha value is -4.12. The van der Waals surface area contributed by atoms with E-state index in [-0.39, 0.29) is 5.91 Å². The number of carbonyl (C=O) groups excluding carboxylic acids is 1. The van der Waals surface area contributed by atoms with Crippen molar-refractivity contribution in [2.24, 2.45) is 5.10 Å². The topological polar surface area (TPSA) is 66.6 Å². The zero-order valence-corrected chi connectivity index (χ0v) is 16.5. The lowest BCUT2D eigenvalue weighted by molar-refractivity contribution is 0.0955. The molecule has 0 atom stereocenters. The minimum absolute atomic E-state index is 0.314. The molecule has 3 aromatic carbocycles. The maximum atomic E-state index is 12.9. The van der Waals surface area contributed by atoms with Gasteiger partial charge in [0.05, 0.1) is 11.3 Å². The second-order valence-corrected chi connectivity index (χ2v) is 6.71. The normalized spacial score (nSPS) is 11.2. The quantitative estimate of drug-likeness (QED) is 0.334. The van der Waals surface area contributed by atoms with Crippen molar-refractivity contribution in [3.05, 3.63) is 120 Å². The number of carbonyl (C=O) groups is 1. The van der Waals surface area contributed by atoms with E-state index in [1.807, 2.05) is 97.9 Å². The summed E-state index contributed by atoms with van der Waals surface area (Å²) in [7, 11) is 0. The lowest BCUT2D eigenvalue weighted by atomic mass is 10.1. The van der Waals surface area contributed by atoms with Gasteiger partial charge in [-0.25, -0.2) is 5.43 Å². The number of hydrogen-bond donors (Lipinski definition) is 2. The summed E-state index contributed by atoms with van der Waals surface area (Å²) in [4.78, 5) is 12.9. The number of anilines is 2. The van der Waals surface area contributed by atoms with Crippen molar-refractivity contribution in [3.8, 4) is 0 Å². The van der Waals surface area contributed by atoms with Crippen LogP contribution < -0.4 is 10.7 Å². The fourth-order valence-corrected chi connectivity index (χ4v) is 3.05. The van der Waals surface area contributed by atoms with Crippen molar-refractivity contribution in [2.75, 3.05) is 5.32 Å². The molecule has 0 unspecified atom stereocenters. The molecule has 0 saturated heterocycles. The molecule has 4 rings (SSSR count). The van der Waals surface area contributed by atoms with Gasteiger partial charge in [-0.3, -0.25) is 4.79 Å². The molecular weight excluding hydrogens is 374 g/mol. The van der Waals surface area contributed by atoms with E-state index in [0.29, 0.717) is 22.7 Å². The molecule has 0 aliphatic carbocycles. The third kappa shape index (κ3) is 4.47. The average molecular weight is 395 g/mol. The van der Waals surface area contributed by atoms with Crippen molar-refractivity contribution in [1.82, 2.24) is 5.43 Å². The number of rotatable bonds is 6. The summed E-state index contributed by atoms with van der Waals surface area (Å²) in [6.45, 7) is 1.87. The highest BCUT2D eigenvalue weighted by molar-refractivity contribution is 6.12. The highest BCUT2D eigenvalue weighted by atomic mass is 16.3. The molecule has 5 nitrogen and oxygen atoms in total. The van der Waals surface area contributed by atoms with Gasteiger partial charge < -0.3 is 9.73 Å². The first kappa shape index (κ1) is 19.2. The van der Waals surface area contributed by atoms with Crippen LogP contribution in [0.2, 0.25) is 0 Å². The summed E-state index contributed by atoms with van der Waals surface area (Å²) in [5.41, 5.74) is 6.19. The van der Waals surface area contributed by atoms with E-state index >= 15 is 0 Å². The van der Waals surface area contributed by atoms with Gasteiger partial charge in [0.15, 0.2) is 5.76 Å². The third-order valence-electron chi connectivity index (χ3n) is 4.51. The third-order valence-corrected chi connectivity index (χ3v) is 4.51. The summed E-state index contributed by atoms with van der Waals surface area (Å²) < 4.78 is 5.75. The first-order valence-corrected chi connectivity index (χ1v) is 9.62. The SMILES string of the molecule is Cc1ccc(C(=NNC(=O)c2ccccc2Nc2ccccc2)c2ccccc2)o1. The molecule has 2 N–H and O–H groups in total. The van der Waals surface area contributed by atoms with E-state index < -0.39 is 0 Å². The summed E-state index contributed by atoms with van der Waals surface area (Å²) in [5.74, 6) is 1.05. The monoisotopic (exact) mass is 395 g/mol. The molecule has 4 aromatic rings. The summed E-state index contributed by atoms with van der Waals surface area (Å²) >= 11 is 0. The Morgan fingerprint density at radius 1 is 0.800 bits per heavy atom. The number of furan rings is 1. The van der Waals surface area contributed by atoms with E-state index in [2.05, 4.69) is 15.8 Å². The molecule has 0 aliphatic rings. The zero-order chi connectivity index (χ0) is 20.8. The lowest BCUT2D eigenvalue weighted by Crippen LogP contribution is -2.21. The van der Waals surface area contributed by atoms with Crippen LogP contribution in [0.3, 0.4) is 0 Å². The lowest BCUT2D eigenvalue weighted by Gasteiger charge is -2.11. The molecule has 1 aromatic heterocycles. The second-order valence-electron chi connectivity index (χ2n) is 6.71. The minimum atomic E-state index is -0.314. The highest BCUT2D eigenvalue weighted by Crippen LogP contribution is 2.21. The first-order valence-electron chi connectivity index (χ1n) is 9.62. The molecule has 5 heteroatoms. The van der Waals surface area contributed by atoms with E-state index in [0.717, 1.165) is 17.0 Å². The van der Waals surface area contributed by atoms with Crippen molar-refractivity contribution < 1.29 is 9.21 Å². The van der Waals surface area contributed by atoms with Crippen molar-refractivity contribution >= 4 is 23.0 Å². The smallest absolute Gasteiger partial charge is 0.273 e. The Kier molecular flexibility index (Phi) is 5.71. The summed E-state index contributed by atoms with van der Waals surface area (Å²) in [6, 6.07) is 30.4. The van der Waals surface area contributed by atoms with Crippen LogP contribution in [0.4, 0.5) is 11.4 Å². The maximum absolute atomic E-state index is 12.9. The number of benzene rings is 3. The summed E-state index contributed by atoms with van der Waals surface area (Å²) in [5, 5.41) is 7.68. The second kappa shape index (κ2) is 8.92.